The van der Waals surface area contributed by atoms with Gasteiger partial charge in [-0.05, 0) is 38.2 Å². The van der Waals surface area contributed by atoms with Crippen LogP contribution in [-0.4, -0.2) is 27.6 Å². The summed E-state index contributed by atoms with van der Waals surface area (Å²) < 4.78 is 34.2. The van der Waals surface area contributed by atoms with Gasteiger partial charge in [-0.25, -0.2) is 13.8 Å². The molecule has 1 aliphatic rings. The molecule has 0 unspecified atom stereocenters. The Hall–Kier alpha value is -2.05. The number of nitrogens with zero attached hydrogens (tertiary/aromatic N) is 1. The Morgan fingerprint density at radius 1 is 1.12 bits per heavy atom. The predicted molar refractivity (Wildman–Crippen MR) is 93.9 cm³/mol. The first-order chi connectivity index (χ1) is 12.4. The maximum atomic E-state index is 14.2. The monoisotopic (exact) mass is 363 g/mol. The molecule has 3 rings (SSSR count). The van der Waals surface area contributed by atoms with E-state index < -0.39 is 18.6 Å². The molecule has 0 aliphatic heterocycles. The lowest BCUT2D eigenvalue weighted by Crippen LogP contribution is -2.24. The van der Waals surface area contributed by atoms with Gasteiger partial charge in [-0.15, -0.1) is 0 Å². The summed E-state index contributed by atoms with van der Waals surface area (Å²) in [6, 6.07) is 11.5. The fraction of sp³-hybridized carbons (Fsp3) is 0.450. The number of pyridine rings is 1. The molecule has 4 nitrogen and oxygen atoms in total. The largest absolute Gasteiger partial charge is 0.474 e. The molecule has 0 atom stereocenters. The Labute approximate surface area is 151 Å². The number of halogens is 2. The van der Waals surface area contributed by atoms with Crippen molar-refractivity contribution in [2.24, 2.45) is 0 Å². The predicted octanol–water partition coefficient (Wildman–Crippen LogP) is 4.25. The number of aliphatic hydroxyl groups is 2. The molecule has 1 heterocycles. The summed E-state index contributed by atoms with van der Waals surface area (Å²) in [6.07, 6.45) is 1.50. The number of benzene rings is 1. The maximum Gasteiger partial charge on any atom is 0.273 e. The van der Waals surface area contributed by atoms with Gasteiger partial charge in [0.15, 0.2) is 6.29 Å². The van der Waals surface area contributed by atoms with Crippen molar-refractivity contribution in [2.75, 3.05) is 0 Å². The standard InChI is InChI=1S/C20H23F2NO3/c21-20(22,13-3-8-19(24)25)15-11-9-14(10-12-15)17-6-2-7-18(23-17)26-16-4-1-5-16/h2,6-7,9-12,16,19,24-25H,1,3-5,8,13H2. The third kappa shape index (κ3) is 4.77. The highest BCUT2D eigenvalue weighted by Gasteiger charge is 2.31. The Morgan fingerprint density at radius 2 is 1.85 bits per heavy atom. The van der Waals surface area contributed by atoms with Gasteiger partial charge in [-0.2, -0.15) is 0 Å². The van der Waals surface area contributed by atoms with E-state index in [4.69, 9.17) is 14.9 Å². The second kappa shape index (κ2) is 8.10. The molecule has 1 saturated carbocycles. The fourth-order valence-electron chi connectivity index (χ4n) is 2.84. The topological polar surface area (TPSA) is 62.6 Å². The zero-order valence-corrected chi connectivity index (χ0v) is 14.4. The van der Waals surface area contributed by atoms with Crippen LogP contribution in [-0.2, 0) is 5.92 Å². The average Bonchev–Trinajstić information content (AvgIpc) is 2.58. The van der Waals surface area contributed by atoms with Crippen molar-refractivity contribution in [1.29, 1.82) is 0 Å². The lowest BCUT2D eigenvalue weighted by Gasteiger charge is -2.25. The highest BCUT2D eigenvalue weighted by Crippen LogP contribution is 2.34. The minimum Gasteiger partial charge on any atom is -0.474 e. The number of aromatic nitrogens is 1. The molecule has 6 heteroatoms. The summed E-state index contributed by atoms with van der Waals surface area (Å²) in [7, 11) is 0. The SMILES string of the molecule is OC(O)CCCC(F)(F)c1ccc(-c2cccc(OC3CCC3)n2)cc1. The van der Waals surface area contributed by atoms with Crippen molar-refractivity contribution in [3.05, 3.63) is 48.0 Å². The van der Waals surface area contributed by atoms with E-state index in [-0.39, 0.29) is 24.5 Å². The van der Waals surface area contributed by atoms with Gasteiger partial charge >= 0.3 is 0 Å². The van der Waals surface area contributed by atoms with Gasteiger partial charge in [0.25, 0.3) is 5.92 Å². The van der Waals surface area contributed by atoms with Crippen LogP contribution in [0, 0.1) is 0 Å². The van der Waals surface area contributed by atoms with E-state index in [1.807, 2.05) is 12.1 Å². The molecule has 1 aromatic carbocycles. The highest BCUT2D eigenvalue weighted by molar-refractivity contribution is 5.60. The van der Waals surface area contributed by atoms with Crippen molar-refractivity contribution in [2.45, 2.75) is 56.8 Å². The summed E-state index contributed by atoms with van der Waals surface area (Å²) in [4.78, 5) is 4.46. The number of aliphatic hydroxyl groups excluding tert-OH is 1. The first kappa shape index (κ1) is 18.7. The Bertz CT molecular complexity index is 715. The minimum atomic E-state index is -3.00. The second-order valence-corrected chi connectivity index (χ2v) is 6.69. The molecule has 0 spiro atoms. The van der Waals surface area contributed by atoms with Crippen molar-refractivity contribution < 1.29 is 23.7 Å². The van der Waals surface area contributed by atoms with Gasteiger partial charge in [0.2, 0.25) is 5.88 Å². The molecule has 0 bridgehead atoms. The van der Waals surface area contributed by atoms with Crippen LogP contribution >= 0.6 is 0 Å². The van der Waals surface area contributed by atoms with Gasteiger partial charge in [-0.3, -0.25) is 0 Å². The molecule has 1 fully saturated rings. The molecule has 1 aromatic heterocycles. The van der Waals surface area contributed by atoms with E-state index in [2.05, 4.69) is 4.98 Å². The molecule has 2 aromatic rings. The molecular formula is C20H23F2NO3. The van der Waals surface area contributed by atoms with Crippen LogP contribution in [0.3, 0.4) is 0 Å². The lowest BCUT2D eigenvalue weighted by atomic mass is 9.96. The van der Waals surface area contributed by atoms with Crippen molar-refractivity contribution in [3.8, 4) is 17.1 Å². The lowest BCUT2D eigenvalue weighted by molar-refractivity contribution is -0.0589. The van der Waals surface area contributed by atoms with E-state index in [1.54, 1.807) is 18.2 Å². The Balaban J connectivity index is 1.67. The third-order valence-electron chi connectivity index (χ3n) is 4.62. The van der Waals surface area contributed by atoms with Crippen LogP contribution in [0.15, 0.2) is 42.5 Å². The van der Waals surface area contributed by atoms with Crippen LogP contribution in [0.2, 0.25) is 0 Å². The van der Waals surface area contributed by atoms with Crippen molar-refractivity contribution in [3.63, 3.8) is 0 Å². The summed E-state index contributed by atoms with van der Waals surface area (Å²) in [5.74, 6) is -2.44. The fourth-order valence-corrected chi connectivity index (χ4v) is 2.84. The van der Waals surface area contributed by atoms with Gasteiger partial charge in [0.05, 0.1) is 5.69 Å². The minimum absolute atomic E-state index is 0.0362. The average molecular weight is 363 g/mol. The zero-order chi connectivity index (χ0) is 18.6. The Kier molecular flexibility index (Phi) is 5.84. The van der Waals surface area contributed by atoms with E-state index in [1.165, 1.54) is 18.6 Å². The van der Waals surface area contributed by atoms with Crippen molar-refractivity contribution >= 4 is 0 Å². The molecule has 0 amide bonds. The molecular weight excluding hydrogens is 340 g/mol. The van der Waals surface area contributed by atoms with Gasteiger partial charge < -0.3 is 14.9 Å². The number of alkyl halides is 2. The van der Waals surface area contributed by atoms with Crippen LogP contribution in [0.4, 0.5) is 8.78 Å². The molecule has 140 valence electrons. The molecule has 1 aliphatic carbocycles. The molecule has 0 saturated heterocycles. The third-order valence-corrected chi connectivity index (χ3v) is 4.62. The van der Waals surface area contributed by atoms with Crippen molar-refractivity contribution in [1.82, 2.24) is 4.98 Å². The van der Waals surface area contributed by atoms with E-state index >= 15 is 0 Å². The van der Waals surface area contributed by atoms with Crippen LogP contribution < -0.4 is 4.74 Å². The number of rotatable bonds is 8. The first-order valence-electron chi connectivity index (χ1n) is 8.93. The number of hydrogen-bond donors (Lipinski definition) is 2. The summed E-state index contributed by atoms with van der Waals surface area (Å²) >= 11 is 0. The Morgan fingerprint density at radius 3 is 2.46 bits per heavy atom. The van der Waals surface area contributed by atoms with E-state index in [9.17, 15) is 8.78 Å². The second-order valence-electron chi connectivity index (χ2n) is 6.69. The van der Waals surface area contributed by atoms with E-state index in [0.717, 1.165) is 18.4 Å². The summed E-state index contributed by atoms with van der Waals surface area (Å²) in [6.45, 7) is 0. The van der Waals surface area contributed by atoms with Gasteiger partial charge in [0, 0.05) is 23.6 Å². The summed E-state index contributed by atoms with van der Waals surface area (Å²) in [5.41, 5.74) is 1.34. The summed E-state index contributed by atoms with van der Waals surface area (Å²) in [5, 5.41) is 17.5. The van der Waals surface area contributed by atoms with Crippen LogP contribution in [0.1, 0.15) is 44.1 Å². The normalized spacial score (nSPS) is 15.1. The first-order valence-corrected chi connectivity index (χ1v) is 8.93. The maximum absolute atomic E-state index is 14.2. The molecule has 0 radical (unpaired) electrons. The number of hydrogen-bond acceptors (Lipinski definition) is 4. The quantitative estimate of drug-likeness (QED) is 0.688. The van der Waals surface area contributed by atoms with Gasteiger partial charge in [-0.1, -0.05) is 30.3 Å². The zero-order valence-electron chi connectivity index (χ0n) is 14.4. The van der Waals surface area contributed by atoms with Crippen LogP contribution in [0.5, 0.6) is 5.88 Å². The molecule has 26 heavy (non-hydrogen) atoms. The molecule has 2 N–H and O–H groups in total. The number of ether oxygens (including phenoxy) is 1. The van der Waals surface area contributed by atoms with E-state index in [0.29, 0.717) is 11.6 Å². The smallest absolute Gasteiger partial charge is 0.273 e. The van der Waals surface area contributed by atoms with Crippen LogP contribution in [0.25, 0.3) is 11.3 Å². The highest BCUT2D eigenvalue weighted by atomic mass is 19.3. The van der Waals surface area contributed by atoms with Gasteiger partial charge in [0.1, 0.15) is 6.10 Å².